The summed E-state index contributed by atoms with van der Waals surface area (Å²) in [4.78, 5) is 2.44. The summed E-state index contributed by atoms with van der Waals surface area (Å²) in [6, 6.07) is 54.8. The molecule has 0 fully saturated rings. The molecule has 0 saturated heterocycles. The van der Waals surface area contributed by atoms with Crippen molar-refractivity contribution in [2.45, 2.75) is 0 Å². The van der Waals surface area contributed by atoms with Crippen molar-refractivity contribution in [1.82, 2.24) is 0 Å². The van der Waals surface area contributed by atoms with Gasteiger partial charge in [0.1, 0.15) is 0 Å². The Morgan fingerprint density at radius 2 is 1.10 bits per heavy atom. The van der Waals surface area contributed by atoms with Crippen LogP contribution < -0.4 is 4.90 Å². The molecule has 40 heavy (non-hydrogen) atoms. The first kappa shape index (κ1) is 23.0. The Labute approximate surface area is 237 Å². The molecule has 0 saturated carbocycles. The smallest absolute Gasteiger partial charge is 0.0554 e. The average Bonchev–Trinajstić information content (AvgIpc) is 3.42. The lowest BCUT2D eigenvalue weighted by Gasteiger charge is -2.29. The van der Waals surface area contributed by atoms with Crippen molar-refractivity contribution < 1.29 is 0 Å². The second-order valence-corrected chi connectivity index (χ2v) is 11.2. The fourth-order valence-corrected chi connectivity index (χ4v) is 7.34. The molecule has 188 valence electrons. The van der Waals surface area contributed by atoms with E-state index in [-0.39, 0.29) is 0 Å². The molecule has 2 heteroatoms. The summed E-state index contributed by atoms with van der Waals surface area (Å²) in [5, 5.41) is 7.81. The molecule has 0 bridgehead atoms. The van der Waals surface area contributed by atoms with Crippen molar-refractivity contribution in [2.24, 2.45) is 0 Å². The van der Waals surface area contributed by atoms with Gasteiger partial charge < -0.3 is 4.90 Å². The number of para-hydroxylation sites is 2. The second kappa shape index (κ2) is 9.37. The molecular weight excluding hydrogens is 502 g/mol. The third-order valence-corrected chi connectivity index (χ3v) is 9.02. The average molecular weight is 528 g/mol. The summed E-state index contributed by atoms with van der Waals surface area (Å²) >= 11 is 1.90. The van der Waals surface area contributed by atoms with Gasteiger partial charge in [0.25, 0.3) is 0 Å². The minimum Gasteiger partial charge on any atom is -0.309 e. The third kappa shape index (κ3) is 3.61. The number of hydrogen-bond donors (Lipinski definition) is 0. The lowest BCUT2D eigenvalue weighted by molar-refractivity contribution is 1.30. The monoisotopic (exact) mass is 527 g/mol. The lowest BCUT2D eigenvalue weighted by Crippen LogP contribution is -2.11. The van der Waals surface area contributed by atoms with Crippen LogP contribution in [0.3, 0.4) is 0 Å². The van der Waals surface area contributed by atoms with Gasteiger partial charge in [0.15, 0.2) is 0 Å². The SMILES string of the molecule is c1ccc(-c2ccccc2N(c2ccccc2)c2cc3sc4c5ccccc5ccc4c3c3ccccc23)cc1. The van der Waals surface area contributed by atoms with Gasteiger partial charge in [-0.05, 0) is 46.0 Å². The Balaban J connectivity index is 1.48. The van der Waals surface area contributed by atoms with Gasteiger partial charge in [-0.3, -0.25) is 0 Å². The number of hydrogen-bond acceptors (Lipinski definition) is 2. The lowest BCUT2D eigenvalue weighted by atomic mass is 9.98. The highest BCUT2D eigenvalue weighted by molar-refractivity contribution is 7.27. The molecule has 0 radical (unpaired) electrons. The zero-order valence-electron chi connectivity index (χ0n) is 21.8. The van der Waals surface area contributed by atoms with E-state index >= 15 is 0 Å². The van der Waals surface area contributed by atoms with Crippen LogP contribution in [-0.4, -0.2) is 0 Å². The van der Waals surface area contributed by atoms with Gasteiger partial charge in [0, 0.05) is 36.8 Å². The van der Waals surface area contributed by atoms with E-state index in [4.69, 9.17) is 0 Å². The van der Waals surface area contributed by atoms with Gasteiger partial charge in [-0.15, -0.1) is 11.3 Å². The van der Waals surface area contributed by atoms with Crippen LogP contribution in [0.15, 0.2) is 152 Å². The van der Waals surface area contributed by atoms with Gasteiger partial charge >= 0.3 is 0 Å². The minimum absolute atomic E-state index is 1.14. The van der Waals surface area contributed by atoms with Crippen LogP contribution in [0, 0.1) is 0 Å². The third-order valence-electron chi connectivity index (χ3n) is 7.83. The Morgan fingerprint density at radius 3 is 1.93 bits per heavy atom. The van der Waals surface area contributed by atoms with Crippen molar-refractivity contribution in [3.8, 4) is 11.1 Å². The van der Waals surface area contributed by atoms with Crippen molar-refractivity contribution in [2.75, 3.05) is 4.90 Å². The number of benzene rings is 7. The topological polar surface area (TPSA) is 3.24 Å². The number of fused-ring (bicyclic) bond motifs is 7. The Morgan fingerprint density at radius 1 is 0.450 bits per heavy atom. The highest BCUT2D eigenvalue weighted by Gasteiger charge is 2.21. The standard InChI is InChI=1S/C38H25NS/c1-3-13-26(14-4-1)29-18-11-12-22-34(29)39(28-16-5-2-6-17-28)35-25-36-37(32-21-10-9-20-31(32)35)33-24-23-27-15-7-8-19-30(27)38(33)40-36/h1-25H. The predicted octanol–water partition coefficient (Wildman–Crippen LogP) is 11.5. The van der Waals surface area contributed by atoms with Crippen molar-refractivity contribution >= 4 is 70.1 Å². The number of thiophene rings is 1. The van der Waals surface area contributed by atoms with E-state index in [0.717, 1.165) is 11.4 Å². The van der Waals surface area contributed by atoms with E-state index in [1.54, 1.807) is 0 Å². The second-order valence-electron chi connectivity index (χ2n) is 10.1. The number of nitrogens with zero attached hydrogens (tertiary/aromatic N) is 1. The summed E-state index contributed by atoms with van der Waals surface area (Å²) < 4.78 is 2.66. The molecule has 0 spiro atoms. The van der Waals surface area contributed by atoms with Crippen molar-refractivity contribution in [3.63, 3.8) is 0 Å². The van der Waals surface area contributed by atoms with Gasteiger partial charge in [0.05, 0.1) is 11.4 Å². The first-order valence-electron chi connectivity index (χ1n) is 13.6. The summed E-state index contributed by atoms with van der Waals surface area (Å²) in [5.41, 5.74) is 5.91. The largest absolute Gasteiger partial charge is 0.309 e. The fourth-order valence-electron chi connectivity index (χ4n) is 6.05. The predicted molar refractivity (Wildman–Crippen MR) is 174 cm³/mol. The molecule has 1 aromatic heterocycles. The molecular formula is C38H25NS. The first-order valence-corrected chi connectivity index (χ1v) is 14.4. The van der Waals surface area contributed by atoms with E-state index in [9.17, 15) is 0 Å². The van der Waals surface area contributed by atoms with Crippen LogP contribution >= 0.6 is 11.3 Å². The zero-order chi connectivity index (χ0) is 26.5. The minimum atomic E-state index is 1.14. The van der Waals surface area contributed by atoms with Gasteiger partial charge in [-0.2, -0.15) is 0 Å². The molecule has 7 aromatic carbocycles. The highest BCUT2D eigenvalue weighted by atomic mass is 32.1. The maximum absolute atomic E-state index is 2.44. The zero-order valence-corrected chi connectivity index (χ0v) is 22.6. The van der Waals surface area contributed by atoms with Crippen LogP contribution in [0.25, 0.3) is 52.8 Å². The highest BCUT2D eigenvalue weighted by Crippen LogP contribution is 2.48. The molecule has 8 rings (SSSR count). The maximum Gasteiger partial charge on any atom is 0.0554 e. The number of rotatable bonds is 4. The van der Waals surface area contributed by atoms with E-state index in [0.29, 0.717) is 0 Å². The van der Waals surface area contributed by atoms with Crippen LogP contribution in [0.1, 0.15) is 0 Å². The van der Waals surface area contributed by atoms with Crippen LogP contribution in [0.4, 0.5) is 17.1 Å². The quantitative estimate of drug-likeness (QED) is 0.220. The van der Waals surface area contributed by atoms with Crippen LogP contribution in [0.2, 0.25) is 0 Å². The van der Waals surface area contributed by atoms with E-state index in [1.165, 1.54) is 58.5 Å². The summed E-state index contributed by atoms with van der Waals surface area (Å²) in [7, 11) is 0. The molecule has 1 nitrogen and oxygen atoms in total. The molecule has 0 aliphatic heterocycles. The Bertz CT molecular complexity index is 2160. The summed E-state index contributed by atoms with van der Waals surface area (Å²) in [6.45, 7) is 0. The van der Waals surface area contributed by atoms with E-state index in [2.05, 4.69) is 157 Å². The van der Waals surface area contributed by atoms with E-state index < -0.39 is 0 Å². The van der Waals surface area contributed by atoms with Crippen molar-refractivity contribution in [3.05, 3.63) is 152 Å². The van der Waals surface area contributed by atoms with Gasteiger partial charge in [-0.25, -0.2) is 0 Å². The molecule has 0 amide bonds. The maximum atomic E-state index is 2.44. The molecule has 0 unspecified atom stereocenters. The van der Waals surface area contributed by atoms with Crippen molar-refractivity contribution in [1.29, 1.82) is 0 Å². The van der Waals surface area contributed by atoms with E-state index in [1.807, 2.05) is 11.3 Å². The van der Waals surface area contributed by atoms with Gasteiger partial charge in [0.2, 0.25) is 0 Å². The van der Waals surface area contributed by atoms with Crippen LogP contribution in [-0.2, 0) is 0 Å². The Hall–Kier alpha value is -4.92. The first-order chi connectivity index (χ1) is 19.9. The molecule has 0 N–H and O–H groups in total. The molecule has 0 atom stereocenters. The summed E-state index contributed by atoms with van der Waals surface area (Å²) in [6.07, 6.45) is 0. The molecule has 1 heterocycles. The number of anilines is 3. The Kier molecular flexibility index (Phi) is 5.39. The van der Waals surface area contributed by atoms with Crippen LogP contribution in [0.5, 0.6) is 0 Å². The normalized spacial score (nSPS) is 11.5. The molecule has 0 aliphatic rings. The molecule has 8 aromatic rings. The molecule has 0 aliphatic carbocycles. The fraction of sp³-hybridized carbons (Fsp3) is 0. The summed E-state index contributed by atoms with van der Waals surface area (Å²) in [5.74, 6) is 0. The van der Waals surface area contributed by atoms with Gasteiger partial charge in [-0.1, -0.05) is 127 Å².